The number of aromatic nitrogens is 3. The Morgan fingerprint density at radius 3 is 2.46 bits per heavy atom. The number of nitrogens with one attached hydrogen (secondary N) is 2. The second kappa shape index (κ2) is 9.70. The summed E-state index contributed by atoms with van der Waals surface area (Å²) in [6, 6.07) is 1.07. The molecule has 0 aromatic carbocycles. The number of likely N-dealkylation sites (tertiary alicyclic amines) is 1. The van der Waals surface area contributed by atoms with Gasteiger partial charge in [0.2, 0.25) is 5.91 Å². The van der Waals surface area contributed by atoms with Crippen molar-refractivity contribution >= 4 is 11.8 Å². The number of nitrogens with zero attached hydrogens (tertiary/aromatic N) is 4. The van der Waals surface area contributed by atoms with Gasteiger partial charge in [-0.15, -0.1) is 0 Å². The lowest BCUT2D eigenvalue weighted by molar-refractivity contribution is -0.188. The number of rotatable bonds is 4. The van der Waals surface area contributed by atoms with E-state index in [-0.39, 0.29) is 66.5 Å². The molecule has 2 N–H and O–H groups in total. The number of hydrogen-bond acceptors (Lipinski definition) is 5. The third-order valence-corrected chi connectivity index (χ3v) is 7.97. The van der Waals surface area contributed by atoms with Crippen LogP contribution in [-0.4, -0.2) is 80.7 Å². The number of piperidine rings is 2. The number of alkyl halides is 3. The predicted molar refractivity (Wildman–Crippen MR) is 126 cm³/mol. The molecule has 2 unspecified atom stereocenters. The summed E-state index contributed by atoms with van der Waals surface area (Å²) in [6.45, 7) is 1.89. The van der Waals surface area contributed by atoms with E-state index in [1.54, 1.807) is 17.9 Å². The molecular formula is C25H30F4N6O2. The van der Waals surface area contributed by atoms with Crippen molar-refractivity contribution in [1.29, 1.82) is 0 Å². The zero-order valence-electron chi connectivity index (χ0n) is 20.7. The monoisotopic (exact) mass is 522 g/mol. The normalized spacial score (nSPS) is 28.4. The number of pyridine rings is 1. The highest BCUT2D eigenvalue weighted by Crippen LogP contribution is 2.40. The van der Waals surface area contributed by atoms with Crippen molar-refractivity contribution in [3.63, 3.8) is 0 Å². The lowest BCUT2D eigenvalue weighted by Crippen LogP contribution is -2.56. The van der Waals surface area contributed by atoms with E-state index in [2.05, 4.69) is 20.5 Å². The number of aryl methyl sites for hydroxylation is 1. The summed E-state index contributed by atoms with van der Waals surface area (Å²) >= 11 is 0. The third-order valence-electron chi connectivity index (χ3n) is 7.97. The molecule has 0 saturated carbocycles. The molecular weight excluding hydrogens is 492 g/mol. The summed E-state index contributed by atoms with van der Waals surface area (Å²) < 4.78 is 53.6. The summed E-state index contributed by atoms with van der Waals surface area (Å²) in [7, 11) is 1.44. The van der Waals surface area contributed by atoms with Crippen molar-refractivity contribution in [3.8, 4) is 11.3 Å². The Morgan fingerprint density at radius 1 is 1.11 bits per heavy atom. The van der Waals surface area contributed by atoms with E-state index >= 15 is 0 Å². The number of H-pyrrole nitrogens is 1. The molecule has 0 aliphatic carbocycles. The molecule has 0 radical (unpaired) electrons. The van der Waals surface area contributed by atoms with Crippen LogP contribution in [0.15, 0.2) is 18.3 Å². The van der Waals surface area contributed by atoms with Gasteiger partial charge < -0.3 is 10.2 Å². The number of carbonyl (C=O) groups excluding carboxylic acids is 2. The van der Waals surface area contributed by atoms with Crippen molar-refractivity contribution in [2.24, 2.45) is 5.92 Å². The van der Waals surface area contributed by atoms with E-state index < -0.39 is 18.0 Å². The molecule has 2 aromatic rings. The van der Waals surface area contributed by atoms with Crippen molar-refractivity contribution < 1.29 is 27.2 Å². The molecule has 5 atom stereocenters. The molecule has 2 aromatic heterocycles. The molecule has 8 nitrogen and oxygen atoms in total. The van der Waals surface area contributed by atoms with Crippen LogP contribution in [0.3, 0.4) is 0 Å². The van der Waals surface area contributed by atoms with Gasteiger partial charge in [-0.05, 0) is 64.6 Å². The standard InChI is InChI=1S/C25H30F4N6O2/c1-13-7-18(19(26)11-30-13)20-10-21(33-32-20)24(37)35-16-4-5-17(35)9-14(8-16)23(36)31-15-3-6-22(25(27,28)29)34(2)12-15/h7,10-11,14-17,22H,3-6,8-9,12H2,1-2H3,(H,31,36)(H,32,33)/t14?,15-,16+,17?,22+/m0/s1. The Bertz CT molecular complexity index is 1170. The van der Waals surface area contributed by atoms with Gasteiger partial charge in [0.1, 0.15) is 11.7 Å². The minimum absolute atomic E-state index is 0.0434. The van der Waals surface area contributed by atoms with Gasteiger partial charge >= 0.3 is 6.18 Å². The maximum atomic E-state index is 14.2. The van der Waals surface area contributed by atoms with E-state index in [1.165, 1.54) is 18.0 Å². The van der Waals surface area contributed by atoms with Crippen molar-refractivity contribution in [2.75, 3.05) is 13.6 Å². The Hall–Kier alpha value is -3.02. The molecule has 3 aliphatic heterocycles. The molecule has 3 saturated heterocycles. The molecule has 37 heavy (non-hydrogen) atoms. The summed E-state index contributed by atoms with van der Waals surface area (Å²) in [4.78, 5) is 33.4. The van der Waals surface area contributed by atoms with E-state index in [0.717, 1.165) is 19.0 Å². The van der Waals surface area contributed by atoms with Crippen LogP contribution in [0.5, 0.6) is 0 Å². The van der Waals surface area contributed by atoms with Gasteiger partial charge in [0.15, 0.2) is 5.82 Å². The second-order valence-corrected chi connectivity index (χ2v) is 10.5. The van der Waals surface area contributed by atoms with Gasteiger partial charge in [0.05, 0.1) is 11.9 Å². The van der Waals surface area contributed by atoms with Crippen molar-refractivity contribution in [1.82, 2.24) is 30.3 Å². The fourth-order valence-electron chi connectivity index (χ4n) is 6.17. The Balaban J connectivity index is 1.21. The van der Waals surface area contributed by atoms with Crippen LogP contribution in [0.25, 0.3) is 11.3 Å². The first-order valence-electron chi connectivity index (χ1n) is 12.6. The highest BCUT2D eigenvalue weighted by atomic mass is 19.4. The number of amides is 2. The molecule has 12 heteroatoms. The molecule has 3 fully saturated rings. The first kappa shape index (κ1) is 25.6. The number of aromatic amines is 1. The van der Waals surface area contributed by atoms with Gasteiger partial charge in [-0.2, -0.15) is 18.3 Å². The number of fused-ring (bicyclic) bond motifs is 2. The van der Waals surface area contributed by atoms with Gasteiger partial charge in [0, 0.05) is 41.8 Å². The highest BCUT2D eigenvalue weighted by Gasteiger charge is 2.47. The van der Waals surface area contributed by atoms with Crippen LogP contribution in [-0.2, 0) is 4.79 Å². The number of likely N-dealkylation sites (N-methyl/N-ethyl adjacent to an activating group) is 1. The lowest BCUT2D eigenvalue weighted by Gasteiger charge is -2.40. The lowest BCUT2D eigenvalue weighted by atomic mass is 9.89. The Morgan fingerprint density at radius 2 is 1.81 bits per heavy atom. The SMILES string of the molecule is Cc1cc(-c2cc(C(=O)N3C4CC[C@@H]3CC(C(=O)N[C@H]3CC[C@H](C(F)(F)F)N(C)C3)C4)[nH]n2)c(F)cn1. The summed E-state index contributed by atoms with van der Waals surface area (Å²) in [6.07, 6.45) is -0.359. The first-order chi connectivity index (χ1) is 17.5. The average Bonchev–Trinajstić information content (AvgIpc) is 3.42. The molecule has 5 heterocycles. The van der Waals surface area contributed by atoms with Gasteiger partial charge in [-0.25, -0.2) is 4.39 Å². The molecule has 200 valence electrons. The van der Waals surface area contributed by atoms with E-state index in [4.69, 9.17) is 0 Å². The summed E-state index contributed by atoms with van der Waals surface area (Å²) in [5.41, 5.74) is 1.47. The van der Waals surface area contributed by atoms with Gasteiger partial charge in [-0.3, -0.25) is 24.6 Å². The first-order valence-corrected chi connectivity index (χ1v) is 12.6. The minimum atomic E-state index is -4.27. The largest absolute Gasteiger partial charge is 0.404 e. The smallest absolute Gasteiger partial charge is 0.352 e. The van der Waals surface area contributed by atoms with Gasteiger partial charge in [0.25, 0.3) is 5.91 Å². The van der Waals surface area contributed by atoms with Crippen LogP contribution in [0.1, 0.15) is 54.7 Å². The maximum Gasteiger partial charge on any atom is 0.404 e. The molecule has 2 amide bonds. The highest BCUT2D eigenvalue weighted by molar-refractivity contribution is 5.94. The number of hydrogen-bond donors (Lipinski definition) is 2. The Labute approximate surface area is 211 Å². The van der Waals surface area contributed by atoms with E-state index in [9.17, 15) is 27.2 Å². The summed E-state index contributed by atoms with van der Waals surface area (Å²) in [5.74, 6) is -1.21. The van der Waals surface area contributed by atoms with E-state index in [0.29, 0.717) is 24.2 Å². The summed E-state index contributed by atoms with van der Waals surface area (Å²) in [5, 5.41) is 9.82. The Kier molecular flexibility index (Phi) is 6.71. The van der Waals surface area contributed by atoms with Crippen LogP contribution < -0.4 is 5.32 Å². The number of carbonyl (C=O) groups is 2. The zero-order valence-corrected chi connectivity index (χ0v) is 20.7. The number of halogens is 4. The molecule has 3 aliphatic rings. The average molecular weight is 523 g/mol. The van der Waals surface area contributed by atoms with Crippen LogP contribution in [0.2, 0.25) is 0 Å². The maximum absolute atomic E-state index is 14.2. The topological polar surface area (TPSA) is 94.2 Å². The molecule has 2 bridgehead atoms. The van der Waals surface area contributed by atoms with Gasteiger partial charge in [-0.1, -0.05) is 0 Å². The van der Waals surface area contributed by atoms with Crippen molar-refractivity contribution in [2.45, 2.75) is 75.8 Å². The second-order valence-electron chi connectivity index (χ2n) is 10.5. The minimum Gasteiger partial charge on any atom is -0.352 e. The molecule has 0 spiro atoms. The molecule has 5 rings (SSSR count). The zero-order chi connectivity index (χ0) is 26.5. The third kappa shape index (κ3) is 5.07. The van der Waals surface area contributed by atoms with Crippen molar-refractivity contribution in [3.05, 3.63) is 35.5 Å². The fourth-order valence-corrected chi connectivity index (χ4v) is 6.17. The van der Waals surface area contributed by atoms with Crippen LogP contribution in [0, 0.1) is 18.7 Å². The van der Waals surface area contributed by atoms with E-state index in [1.807, 2.05) is 0 Å². The van der Waals surface area contributed by atoms with Crippen LogP contribution >= 0.6 is 0 Å². The quantitative estimate of drug-likeness (QED) is 0.600. The van der Waals surface area contributed by atoms with Crippen LogP contribution in [0.4, 0.5) is 17.6 Å². The fraction of sp³-hybridized carbons (Fsp3) is 0.600. The predicted octanol–water partition coefficient (Wildman–Crippen LogP) is 3.44.